The van der Waals surface area contributed by atoms with Crippen molar-refractivity contribution in [3.63, 3.8) is 0 Å². The molecule has 1 atom stereocenters. The maximum atomic E-state index is 10.1. The summed E-state index contributed by atoms with van der Waals surface area (Å²) in [6.07, 6.45) is 1.64. The van der Waals surface area contributed by atoms with Gasteiger partial charge in [0.2, 0.25) is 0 Å². The van der Waals surface area contributed by atoms with Gasteiger partial charge >= 0.3 is 0 Å². The first-order valence-electron chi connectivity index (χ1n) is 6.18. The van der Waals surface area contributed by atoms with E-state index < -0.39 is 5.60 Å². The van der Waals surface area contributed by atoms with Crippen LogP contribution in [0, 0.1) is 11.3 Å². The number of aliphatic hydroxyl groups is 1. The van der Waals surface area contributed by atoms with Crippen molar-refractivity contribution in [1.82, 2.24) is 5.32 Å². The predicted molar refractivity (Wildman–Crippen MR) is 67.0 cm³/mol. The minimum atomic E-state index is -0.516. The molecule has 0 aromatic rings. The zero-order valence-corrected chi connectivity index (χ0v) is 11.4. The highest BCUT2D eigenvalue weighted by molar-refractivity contribution is 4.79. The van der Waals surface area contributed by atoms with Crippen LogP contribution in [0.4, 0.5) is 0 Å². The van der Waals surface area contributed by atoms with Crippen LogP contribution in [0.25, 0.3) is 0 Å². The molecule has 2 heteroatoms. The number of nitrogens with one attached hydrogen (secondary N) is 1. The van der Waals surface area contributed by atoms with E-state index in [4.69, 9.17) is 0 Å². The second kappa shape index (κ2) is 5.86. The van der Waals surface area contributed by atoms with Crippen LogP contribution in [-0.2, 0) is 0 Å². The van der Waals surface area contributed by atoms with Crippen molar-refractivity contribution in [2.24, 2.45) is 11.3 Å². The molecule has 0 saturated heterocycles. The van der Waals surface area contributed by atoms with Crippen LogP contribution >= 0.6 is 0 Å². The second-order valence-corrected chi connectivity index (χ2v) is 5.83. The van der Waals surface area contributed by atoms with Gasteiger partial charge in [0.1, 0.15) is 0 Å². The van der Waals surface area contributed by atoms with E-state index in [-0.39, 0.29) is 0 Å². The molecular formula is C13H29NO. The van der Waals surface area contributed by atoms with Crippen molar-refractivity contribution in [1.29, 1.82) is 0 Å². The fraction of sp³-hybridized carbons (Fsp3) is 1.00. The molecule has 0 amide bonds. The van der Waals surface area contributed by atoms with Crippen LogP contribution in [0.15, 0.2) is 0 Å². The van der Waals surface area contributed by atoms with Crippen LogP contribution in [-0.4, -0.2) is 23.8 Å². The van der Waals surface area contributed by atoms with E-state index >= 15 is 0 Å². The molecule has 0 radical (unpaired) electrons. The normalized spacial score (nSPS) is 15.4. The Balaban J connectivity index is 3.89. The van der Waals surface area contributed by atoms with Gasteiger partial charge in [-0.3, -0.25) is 0 Å². The maximum absolute atomic E-state index is 10.1. The highest BCUT2D eigenvalue weighted by atomic mass is 16.3. The van der Waals surface area contributed by atoms with Gasteiger partial charge in [-0.15, -0.1) is 0 Å². The molecule has 15 heavy (non-hydrogen) atoms. The Bertz CT molecular complexity index is 168. The summed E-state index contributed by atoms with van der Waals surface area (Å²) in [5, 5.41) is 13.5. The molecule has 0 aromatic heterocycles. The maximum Gasteiger partial charge on any atom is 0.0766 e. The van der Waals surface area contributed by atoms with Crippen LogP contribution in [0.3, 0.4) is 0 Å². The molecule has 0 aliphatic carbocycles. The summed E-state index contributed by atoms with van der Waals surface area (Å²) in [7, 11) is 0. The van der Waals surface area contributed by atoms with Crippen LogP contribution in [0.5, 0.6) is 0 Å². The summed E-state index contributed by atoms with van der Waals surface area (Å²) in [5.74, 6) is 0.621. The summed E-state index contributed by atoms with van der Waals surface area (Å²) in [6.45, 7) is 14.8. The van der Waals surface area contributed by atoms with E-state index in [1.165, 1.54) is 0 Å². The fourth-order valence-electron chi connectivity index (χ4n) is 1.33. The summed E-state index contributed by atoms with van der Waals surface area (Å²) < 4.78 is 0. The first-order valence-corrected chi connectivity index (χ1v) is 6.18. The van der Waals surface area contributed by atoms with Gasteiger partial charge in [-0.2, -0.15) is 0 Å². The van der Waals surface area contributed by atoms with E-state index in [1.807, 2.05) is 13.8 Å². The minimum Gasteiger partial charge on any atom is -0.389 e. The van der Waals surface area contributed by atoms with Crippen molar-refractivity contribution < 1.29 is 5.11 Å². The van der Waals surface area contributed by atoms with Crippen LogP contribution < -0.4 is 5.32 Å². The topological polar surface area (TPSA) is 32.3 Å². The summed E-state index contributed by atoms with van der Waals surface area (Å²) in [4.78, 5) is 0. The minimum absolute atomic E-state index is 0.337. The third-order valence-electron chi connectivity index (χ3n) is 3.70. The second-order valence-electron chi connectivity index (χ2n) is 5.83. The summed E-state index contributed by atoms with van der Waals surface area (Å²) >= 11 is 0. The van der Waals surface area contributed by atoms with Crippen molar-refractivity contribution >= 4 is 0 Å². The van der Waals surface area contributed by atoms with E-state index in [2.05, 4.69) is 33.0 Å². The molecular weight excluding hydrogens is 186 g/mol. The first-order chi connectivity index (χ1) is 6.75. The monoisotopic (exact) mass is 215 g/mol. The fourth-order valence-corrected chi connectivity index (χ4v) is 1.33. The Morgan fingerprint density at radius 2 is 1.60 bits per heavy atom. The van der Waals surface area contributed by atoms with Crippen molar-refractivity contribution in [3.05, 3.63) is 0 Å². The predicted octanol–water partition coefficient (Wildman–Crippen LogP) is 2.81. The highest BCUT2D eigenvalue weighted by Gasteiger charge is 2.23. The van der Waals surface area contributed by atoms with Gasteiger partial charge in [-0.05, 0) is 30.7 Å². The van der Waals surface area contributed by atoms with E-state index in [1.54, 1.807) is 0 Å². The first kappa shape index (κ1) is 14.9. The van der Waals surface area contributed by atoms with Crippen molar-refractivity contribution in [2.75, 3.05) is 13.1 Å². The molecule has 0 aliphatic heterocycles. The Hall–Kier alpha value is -0.0800. The third-order valence-corrected chi connectivity index (χ3v) is 3.70. The summed E-state index contributed by atoms with van der Waals surface area (Å²) in [6, 6.07) is 0. The Kier molecular flexibility index (Phi) is 5.82. The van der Waals surface area contributed by atoms with Crippen LogP contribution in [0.2, 0.25) is 0 Å². The quantitative estimate of drug-likeness (QED) is 0.714. The number of rotatable bonds is 6. The molecule has 0 bridgehead atoms. The molecule has 0 aromatic carbocycles. The molecule has 0 aliphatic rings. The molecule has 1 unspecified atom stereocenters. The lowest BCUT2D eigenvalue weighted by atomic mass is 9.82. The number of hydrogen-bond donors (Lipinski definition) is 2. The van der Waals surface area contributed by atoms with Gasteiger partial charge in [-0.1, -0.05) is 41.5 Å². The Morgan fingerprint density at radius 1 is 1.13 bits per heavy atom. The van der Waals surface area contributed by atoms with E-state index in [0.29, 0.717) is 17.9 Å². The SMILES string of the molecule is CCC(O)(CC)CNCC(C)C(C)(C)C. The average molecular weight is 215 g/mol. The van der Waals surface area contributed by atoms with Gasteiger partial charge in [0.25, 0.3) is 0 Å². The Morgan fingerprint density at radius 3 is 1.93 bits per heavy atom. The lowest BCUT2D eigenvalue weighted by Crippen LogP contribution is -2.42. The van der Waals surface area contributed by atoms with Gasteiger partial charge < -0.3 is 10.4 Å². The lowest BCUT2D eigenvalue weighted by molar-refractivity contribution is 0.0306. The zero-order chi connectivity index (χ0) is 12.1. The van der Waals surface area contributed by atoms with Gasteiger partial charge in [0.15, 0.2) is 0 Å². The standard InChI is InChI=1S/C13H29NO/c1-7-13(15,8-2)10-14-9-11(3)12(4,5)6/h11,14-15H,7-10H2,1-6H3. The van der Waals surface area contributed by atoms with Crippen molar-refractivity contribution in [2.45, 2.75) is 60.0 Å². The molecule has 2 nitrogen and oxygen atoms in total. The lowest BCUT2D eigenvalue weighted by Gasteiger charge is -2.30. The van der Waals surface area contributed by atoms with Gasteiger partial charge in [-0.25, -0.2) is 0 Å². The molecule has 0 heterocycles. The third kappa shape index (κ3) is 5.53. The summed E-state index contributed by atoms with van der Waals surface area (Å²) in [5.41, 5.74) is -0.179. The highest BCUT2D eigenvalue weighted by Crippen LogP contribution is 2.24. The van der Waals surface area contributed by atoms with Crippen molar-refractivity contribution in [3.8, 4) is 0 Å². The van der Waals surface area contributed by atoms with Crippen LogP contribution in [0.1, 0.15) is 54.4 Å². The van der Waals surface area contributed by atoms with E-state index in [0.717, 1.165) is 19.4 Å². The average Bonchev–Trinajstić information content (AvgIpc) is 2.16. The van der Waals surface area contributed by atoms with Gasteiger partial charge in [0, 0.05) is 6.54 Å². The Labute approximate surface area is 95.5 Å². The smallest absolute Gasteiger partial charge is 0.0766 e. The molecule has 2 N–H and O–H groups in total. The van der Waals surface area contributed by atoms with Gasteiger partial charge in [0.05, 0.1) is 5.60 Å². The van der Waals surface area contributed by atoms with E-state index in [9.17, 15) is 5.11 Å². The largest absolute Gasteiger partial charge is 0.389 e. The molecule has 0 rings (SSSR count). The molecule has 0 saturated carbocycles. The molecule has 0 spiro atoms. The molecule has 0 fully saturated rings. The zero-order valence-electron chi connectivity index (χ0n) is 11.4. The number of hydrogen-bond acceptors (Lipinski definition) is 2. The molecule has 92 valence electrons.